The highest BCUT2D eigenvalue weighted by Crippen LogP contribution is 2.43. The van der Waals surface area contributed by atoms with Crippen molar-refractivity contribution in [3.8, 4) is 0 Å². The minimum atomic E-state index is -4.75. The van der Waals surface area contributed by atoms with Gasteiger partial charge in [-0.15, -0.1) is 0 Å². The molecule has 0 saturated carbocycles. The lowest BCUT2D eigenvalue weighted by molar-refractivity contribution is 0.0139. The smallest absolute Gasteiger partial charge is 0.436 e. The van der Waals surface area contributed by atoms with E-state index in [4.69, 9.17) is 19.8 Å². The van der Waals surface area contributed by atoms with Gasteiger partial charge in [-0.25, -0.2) is 9.36 Å². The molecule has 0 amide bonds. The summed E-state index contributed by atoms with van der Waals surface area (Å²) >= 11 is 0. The van der Waals surface area contributed by atoms with Gasteiger partial charge in [0.25, 0.3) is 0 Å². The predicted molar refractivity (Wildman–Crippen MR) is 111 cm³/mol. The third-order valence-electron chi connectivity index (χ3n) is 4.68. The molecule has 168 valence electrons. The monoisotopic (exact) mass is 424 g/mol. The molecule has 1 unspecified atom stereocenters. The summed E-state index contributed by atoms with van der Waals surface area (Å²) in [5.41, 5.74) is -1.93. The zero-order valence-corrected chi connectivity index (χ0v) is 18.4. The van der Waals surface area contributed by atoms with Gasteiger partial charge < -0.3 is 19.8 Å². The van der Waals surface area contributed by atoms with E-state index in [2.05, 4.69) is 11.4 Å². The maximum Gasteiger partial charge on any atom is 0.436 e. The van der Waals surface area contributed by atoms with Crippen molar-refractivity contribution in [2.24, 2.45) is 0 Å². The van der Waals surface area contributed by atoms with Gasteiger partial charge in [0.1, 0.15) is 6.10 Å². The van der Waals surface area contributed by atoms with Crippen LogP contribution in [0.3, 0.4) is 0 Å². The largest absolute Gasteiger partial charge is 0.472 e. The van der Waals surface area contributed by atoms with Crippen LogP contribution in [0.4, 0.5) is 4.79 Å². The molecule has 0 bridgehead atoms. The van der Waals surface area contributed by atoms with E-state index < -0.39 is 26.0 Å². The van der Waals surface area contributed by atoms with E-state index in [1.165, 1.54) is 70.6 Å². The summed E-state index contributed by atoms with van der Waals surface area (Å²) in [5.74, 6) is 0. The molecule has 0 aromatic rings. The van der Waals surface area contributed by atoms with Gasteiger partial charge in [0.15, 0.2) is 0 Å². The molecule has 0 aromatic heterocycles. The van der Waals surface area contributed by atoms with Crippen LogP contribution in [0, 0.1) is 0 Å². The topological polar surface area (TPSA) is 113 Å². The van der Waals surface area contributed by atoms with Gasteiger partial charge >= 0.3 is 13.3 Å². The average Bonchev–Trinajstić information content (AvgIpc) is 2.66. The normalized spacial score (nSPS) is 14.7. The highest BCUT2D eigenvalue weighted by atomic mass is 31.2. The van der Waals surface area contributed by atoms with Gasteiger partial charge in [0.05, 0.1) is 13.2 Å². The second-order valence-corrected chi connectivity index (χ2v) is 9.02. The van der Waals surface area contributed by atoms with Gasteiger partial charge in [-0.3, -0.25) is 4.52 Å². The number of aliphatic hydroxyl groups excluding tert-OH is 1. The summed E-state index contributed by atoms with van der Waals surface area (Å²) in [7, 11) is -4.75. The van der Waals surface area contributed by atoms with E-state index in [-0.39, 0.29) is 6.61 Å². The summed E-state index contributed by atoms with van der Waals surface area (Å²) in [6, 6.07) is 0. The fourth-order valence-corrected chi connectivity index (χ4v) is 3.60. The van der Waals surface area contributed by atoms with Crippen LogP contribution in [0.25, 0.3) is 0 Å². The molecule has 0 aliphatic heterocycles. The van der Waals surface area contributed by atoms with Crippen LogP contribution in [0.2, 0.25) is 0 Å². The van der Waals surface area contributed by atoms with Crippen LogP contribution in [-0.4, -0.2) is 46.7 Å². The number of carbonyl (C=O) groups is 1. The maximum absolute atomic E-state index is 11.2. The minimum Gasteiger partial charge on any atom is -0.472 e. The molecule has 7 nitrogen and oxygen atoms in total. The number of carboxylic acid groups (broad SMARTS) is 1. The zero-order chi connectivity index (χ0) is 21.1. The maximum atomic E-state index is 11.2. The van der Waals surface area contributed by atoms with Crippen LogP contribution in [-0.2, 0) is 13.8 Å². The third-order valence-corrected chi connectivity index (χ3v) is 5.75. The standard InChI is InChI=1S/C20H41O7P/c1-2-3-4-5-6-7-8-9-10-11-12-13-14-15-16-26-18-19(17-21)27-28(24,25)20(22)23/h19,21H,2-18H2,1H3,(H,22,23)(H,24,25)/t19-/m0/s1. The molecule has 8 heteroatoms. The summed E-state index contributed by atoms with van der Waals surface area (Å²) < 4.78 is 21.0. The number of aliphatic hydroxyl groups is 1. The van der Waals surface area contributed by atoms with Crippen LogP contribution < -0.4 is 0 Å². The molecule has 0 rings (SSSR count). The van der Waals surface area contributed by atoms with Crippen molar-refractivity contribution in [1.82, 2.24) is 0 Å². The molecule has 0 aromatic carbocycles. The van der Waals surface area contributed by atoms with E-state index in [1.54, 1.807) is 0 Å². The Kier molecular flexibility index (Phi) is 18.3. The molecule has 0 aliphatic rings. The number of hydrogen-bond acceptors (Lipinski definition) is 5. The molecule has 28 heavy (non-hydrogen) atoms. The molecule has 0 aliphatic carbocycles. The second-order valence-electron chi connectivity index (χ2n) is 7.38. The Hall–Kier alpha value is -0.460. The Balaban J connectivity index is 3.39. The first-order valence-corrected chi connectivity index (χ1v) is 12.4. The van der Waals surface area contributed by atoms with E-state index >= 15 is 0 Å². The van der Waals surface area contributed by atoms with Crippen molar-refractivity contribution in [3.63, 3.8) is 0 Å². The number of hydrogen-bond donors (Lipinski definition) is 3. The van der Waals surface area contributed by atoms with Crippen molar-refractivity contribution < 1.29 is 33.7 Å². The highest BCUT2D eigenvalue weighted by Gasteiger charge is 2.33. The van der Waals surface area contributed by atoms with Crippen LogP contribution in [0.5, 0.6) is 0 Å². The fraction of sp³-hybridized carbons (Fsp3) is 0.950. The van der Waals surface area contributed by atoms with Crippen molar-refractivity contribution in [2.75, 3.05) is 19.8 Å². The van der Waals surface area contributed by atoms with Crippen molar-refractivity contribution in [3.05, 3.63) is 0 Å². The highest BCUT2D eigenvalue weighted by molar-refractivity contribution is 7.70. The lowest BCUT2D eigenvalue weighted by Crippen LogP contribution is -2.24. The van der Waals surface area contributed by atoms with E-state index in [0.717, 1.165) is 19.3 Å². The minimum absolute atomic E-state index is 0.104. The molecule has 0 radical (unpaired) electrons. The molecular formula is C20H41O7P. The first-order chi connectivity index (χ1) is 13.4. The zero-order valence-electron chi connectivity index (χ0n) is 17.5. The SMILES string of the molecule is CCCCCCCCCCCCCCCCOC[C@H](CO)OP(=O)(O)C(=O)O. The molecule has 3 N–H and O–H groups in total. The Morgan fingerprint density at radius 2 is 1.29 bits per heavy atom. The lowest BCUT2D eigenvalue weighted by Gasteiger charge is -2.17. The van der Waals surface area contributed by atoms with Crippen LogP contribution >= 0.6 is 7.60 Å². The number of ether oxygens (including phenoxy) is 1. The van der Waals surface area contributed by atoms with E-state index in [0.29, 0.717) is 6.61 Å². The third kappa shape index (κ3) is 16.5. The number of rotatable bonds is 21. The van der Waals surface area contributed by atoms with Gasteiger partial charge in [-0.2, -0.15) is 0 Å². The molecule has 0 heterocycles. The first-order valence-electron chi connectivity index (χ1n) is 10.9. The summed E-state index contributed by atoms with van der Waals surface area (Å²) in [6.07, 6.45) is 16.7. The fourth-order valence-electron chi connectivity index (χ4n) is 2.98. The van der Waals surface area contributed by atoms with Crippen LogP contribution in [0.15, 0.2) is 0 Å². The van der Waals surface area contributed by atoms with Gasteiger partial charge in [0.2, 0.25) is 0 Å². The van der Waals surface area contributed by atoms with Crippen molar-refractivity contribution >= 4 is 13.3 Å². The summed E-state index contributed by atoms with van der Waals surface area (Å²) in [6.45, 7) is 2.03. The molecule has 0 fully saturated rings. The first kappa shape index (κ1) is 27.5. The van der Waals surface area contributed by atoms with Gasteiger partial charge in [0, 0.05) is 6.61 Å². The van der Waals surface area contributed by atoms with E-state index in [9.17, 15) is 9.36 Å². The Labute approximate surface area is 170 Å². The molecular weight excluding hydrogens is 383 g/mol. The lowest BCUT2D eigenvalue weighted by atomic mass is 10.0. The number of unbranched alkanes of at least 4 members (excludes halogenated alkanes) is 13. The quantitative estimate of drug-likeness (QED) is 0.159. The molecule has 0 spiro atoms. The van der Waals surface area contributed by atoms with Crippen molar-refractivity contribution in [1.29, 1.82) is 0 Å². The average molecular weight is 425 g/mol. The van der Waals surface area contributed by atoms with Gasteiger partial charge in [-0.05, 0) is 6.42 Å². The predicted octanol–water partition coefficient (Wildman–Crippen LogP) is 5.73. The van der Waals surface area contributed by atoms with Gasteiger partial charge in [-0.1, -0.05) is 90.4 Å². The molecule has 2 atom stereocenters. The summed E-state index contributed by atoms with van der Waals surface area (Å²) in [4.78, 5) is 19.6. The Morgan fingerprint density at radius 1 is 0.857 bits per heavy atom. The van der Waals surface area contributed by atoms with Crippen LogP contribution in [0.1, 0.15) is 96.8 Å². The summed E-state index contributed by atoms with van der Waals surface area (Å²) in [5, 5.41) is 17.6. The van der Waals surface area contributed by atoms with Crippen molar-refractivity contribution in [2.45, 2.75) is 103 Å². The molecule has 0 saturated heterocycles. The Morgan fingerprint density at radius 3 is 1.68 bits per heavy atom. The Bertz CT molecular complexity index is 417. The van der Waals surface area contributed by atoms with E-state index in [1.807, 2.05) is 0 Å². The second kappa shape index (κ2) is 18.6.